The van der Waals surface area contributed by atoms with Crippen LogP contribution in [-0.2, 0) is 6.54 Å². The maximum atomic E-state index is 13.2. The van der Waals surface area contributed by atoms with Crippen LogP contribution in [0.4, 0.5) is 10.1 Å². The molecule has 20 heavy (non-hydrogen) atoms. The van der Waals surface area contributed by atoms with Gasteiger partial charge in [-0.15, -0.1) is 0 Å². The lowest BCUT2D eigenvalue weighted by Crippen LogP contribution is -2.37. The third-order valence-corrected chi connectivity index (χ3v) is 5.57. The Hall–Kier alpha value is -1.61. The highest BCUT2D eigenvalue weighted by Crippen LogP contribution is 2.17. The molecule has 2 aromatic carbocycles. The number of nitrogens with one attached hydrogen (secondary N) is 1. The van der Waals surface area contributed by atoms with Crippen molar-refractivity contribution >= 4 is 18.9 Å². The van der Waals surface area contributed by atoms with Crippen LogP contribution < -0.4 is 10.5 Å². The van der Waals surface area contributed by atoms with Crippen LogP contribution in [0.25, 0.3) is 0 Å². The van der Waals surface area contributed by atoms with Gasteiger partial charge in [0.2, 0.25) is 0 Å². The van der Waals surface area contributed by atoms with E-state index in [1.54, 1.807) is 12.1 Å². The molecule has 106 valence electrons. The first-order valence-corrected chi connectivity index (χ1v) is 10.5. The summed E-state index contributed by atoms with van der Waals surface area (Å²) in [6, 6.07) is 13.6. The van der Waals surface area contributed by atoms with Gasteiger partial charge in [0.1, 0.15) is 5.82 Å². The van der Waals surface area contributed by atoms with Crippen LogP contribution in [0, 0.1) is 12.7 Å². The maximum Gasteiger partial charge on any atom is 0.125 e. The van der Waals surface area contributed by atoms with E-state index in [0.717, 1.165) is 17.8 Å². The zero-order chi connectivity index (χ0) is 14.8. The van der Waals surface area contributed by atoms with E-state index in [9.17, 15) is 4.39 Å². The molecule has 1 N–H and O–H groups in total. The van der Waals surface area contributed by atoms with Crippen LogP contribution in [-0.4, -0.2) is 8.07 Å². The standard InChI is InChI=1S/C17H22FNSi/c1-13-5-8-15(18)11-17(13)19-12-14-6-9-16(10-7-14)20(2,3)4/h5-11,19H,12H2,1-4H3. The van der Waals surface area contributed by atoms with E-state index in [1.165, 1.54) is 16.8 Å². The predicted octanol–water partition coefficient (Wildman–Crippen LogP) is 4.29. The van der Waals surface area contributed by atoms with Crippen molar-refractivity contribution in [3.05, 3.63) is 59.4 Å². The minimum atomic E-state index is -1.23. The molecule has 0 atom stereocenters. The molecule has 0 spiro atoms. The quantitative estimate of drug-likeness (QED) is 0.827. The summed E-state index contributed by atoms with van der Waals surface area (Å²) in [5.41, 5.74) is 3.14. The Morgan fingerprint density at radius 2 is 1.65 bits per heavy atom. The summed E-state index contributed by atoms with van der Waals surface area (Å²) in [6.45, 7) is 9.73. The van der Waals surface area contributed by atoms with Crippen molar-refractivity contribution < 1.29 is 4.39 Å². The second kappa shape index (κ2) is 5.79. The molecule has 0 aliphatic carbocycles. The van der Waals surface area contributed by atoms with Crippen LogP contribution in [0.3, 0.4) is 0 Å². The number of hydrogen-bond donors (Lipinski definition) is 1. The third kappa shape index (κ3) is 3.70. The number of hydrogen-bond acceptors (Lipinski definition) is 1. The molecule has 0 saturated carbocycles. The Labute approximate surface area is 121 Å². The monoisotopic (exact) mass is 287 g/mol. The van der Waals surface area contributed by atoms with Gasteiger partial charge in [-0.25, -0.2) is 4.39 Å². The van der Waals surface area contributed by atoms with E-state index >= 15 is 0 Å². The lowest BCUT2D eigenvalue weighted by atomic mass is 10.1. The van der Waals surface area contributed by atoms with Gasteiger partial charge < -0.3 is 5.32 Å². The van der Waals surface area contributed by atoms with Gasteiger partial charge in [0, 0.05) is 12.2 Å². The maximum absolute atomic E-state index is 13.2. The molecule has 2 rings (SSSR count). The van der Waals surface area contributed by atoms with E-state index in [4.69, 9.17) is 0 Å². The Bertz CT molecular complexity index is 585. The highest BCUT2D eigenvalue weighted by Gasteiger charge is 2.15. The first kappa shape index (κ1) is 14.8. The van der Waals surface area contributed by atoms with Crippen molar-refractivity contribution in [2.45, 2.75) is 33.1 Å². The Balaban J connectivity index is 2.06. The van der Waals surface area contributed by atoms with Crippen molar-refractivity contribution in [1.82, 2.24) is 0 Å². The van der Waals surface area contributed by atoms with Gasteiger partial charge in [-0.05, 0) is 30.2 Å². The second-order valence-corrected chi connectivity index (χ2v) is 11.3. The van der Waals surface area contributed by atoms with Gasteiger partial charge in [0.25, 0.3) is 0 Å². The van der Waals surface area contributed by atoms with Crippen LogP contribution >= 0.6 is 0 Å². The molecule has 0 fully saturated rings. The number of rotatable bonds is 4. The predicted molar refractivity (Wildman–Crippen MR) is 87.9 cm³/mol. The van der Waals surface area contributed by atoms with Gasteiger partial charge >= 0.3 is 0 Å². The summed E-state index contributed by atoms with van der Waals surface area (Å²) in [5, 5.41) is 4.76. The lowest BCUT2D eigenvalue weighted by molar-refractivity contribution is 0.628. The molecule has 0 saturated heterocycles. The number of aryl methyl sites for hydroxylation is 1. The molecule has 0 aromatic heterocycles. The van der Waals surface area contributed by atoms with Crippen LogP contribution in [0.2, 0.25) is 19.6 Å². The van der Waals surface area contributed by atoms with E-state index in [-0.39, 0.29) is 5.82 Å². The van der Waals surface area contributed by atoms with Gasteiger partial charge in [-0.2, -0.15) is 0 Å². The van der Waals surface area contributed by atoms with Crippen molar-refractivity contribution in [2.75, 3.05) is 5.32 Å². The van der Waals surface area contributed by atoms with E-state index < -0.39 is 8.07 Å². The molecule has 3 heteroatoms. The van der Waals surface area contributed by atoms with Gasteiger partial charge in [0.15, 0.2) is 0 Å². The summed E-state index contributed by atoms with van der Waals surface area (Å²) >= 11 is 0. The summed E-state index contributed by atoms with van der Waals surface area (Å²) in [5.74, 6) is -0.202. The fraction of sp³-hybridized carbons (Fsp3) is 0.294. The topological polar surface area (TPSA) is 12.0 Å². The first-order chi connectivity index (χ1) is 9.36. The number of benzene rings is 2. The Kier molecular flexibility index (Phi) is 4.28. The molecule has 0 amide bonds. The smallest absolute Gasteiger partial charge is 0.125 e. The summed E-state index contributed by atoms with van der Waals surface area (Å²) in [7, 11) is -1.23. The molecule has 0 unspecified atom stereocenters. The molecule has 0 aliphatic heterocycles. The zero-order valence-electron chi connectivity index (χ0n) is 12.6. The van der Waals surface area contributed by atoms with Crippen molar-refractivity contribution in [1.29, 1.82) is 0 Å². The second-order valence-electron chi connectivity index (χ2n) is 6.26. The van der Waals surface area contributed by atoms with Crippen LogP contribution in [0.5, 0.6) is 0 Å². The van der Waals surface area contributed by atoms with Gasteiger partial charge in [-0.3, -0.25) is 0 Å². The molecule has 0 aliphatic rings. The third-order valence-electron chi connectivity index (χ3n) is 3.50. The lowest BCUT2D eigenvalue weighted by Gasteiger charge is -2.17. The van der Waals surface area contributed by atoms with Gasteiger partial charge in [0.05, 0.1) is 8.07 Å². The minimum absolute atomic E-state index is 0.202. The highest BCUT2D eigenvalue weighted by molar-refractivity contribution is 6.88. The summed E-state index contributed by atoms with van der Waals surface area (Å²) in [4.78, 5) is 0. The summed E-state index contributed by atoms with van der Waals surface area (Å²) in [6.07, 6.45) is 0. The largest absolute Gasteiger partial charge is 0.381 e. The van der Waals surface area contributed by atoms with Crippen molar-refractivity contribution in [3.63, 3.8) is 0 Å². The SMILES string of the molecule is Cc1ccc(F)cc1NCc1ccc([Si](C)(C)C)cc1. The first-order valence-electron chi connectivity index (χ1n) is 6.96. The molecule has 0 bridgehead atoms. The highest BCUT2D eigenvalue weighted by atomic mass is 28.3. The van der Waals surface area contributed by atoms with E-state index in [1.807, 2.05) is 6.92 Å². The summed E-state index contributed by atoms with van der Waals surface area (Å²) < 4.78 is 13.2. The molecule has 0 heterocycles. The molecular formula is C17H22FNSi. The number of halogens is 1. The molecule has 1 nitrogen and oxygen atoms in total. The van der Waals surface area contributed by atoms with E-state index in [2.05, 4.69) is 49.2 Å². The molecule has 2 aromatic rings. The van der Waals surface area contributed by atoms with Gasteiger partial charge in [-0.1, -0.05) is 55.2 Å². The fourth-order valence-corrected chi connectivity index (χ4v) is 3.27. The van der Waals surface area contributed by atoms with Crippen LogP contribution in [0.1, 0.15) is 11.1 Å². The van der Waals surface area contributed by atoms with E-state index in [0.29, 0.717) is 0 Å². The molecule has 0 radical (unpaired) electrons. The molecular weight excluding hydrogens is 265 g/mol. The van der Waals surface area contributed by atoms with Crippen LogP contribution in [0.15, 0.2) is 42.5 Å². The minimum Gasteiger partial charge on any atom is -0.381 e. The Morgan fingerprint density at radius 3 is 2.25 bits per heavy atom. The normalized spacial score (nSPS) is 11.4. The fourth-order valence-electron chi connectivity index (χ4n) is 2.10. The average molecular weight is 287 g/mol. The average Bonchev–Trinajstić information content (AvgIpc) is 2.39. The number of anilines is 1. The van der Waals surface area contributed by atoms with Crippen molar-refractivity contribution in [2.24, 2.45) is 0 Å². The zero-order valence-corrected chi connectivity index (χ0v) is 13.6. The van der Waals surface area contributed by atoms with Crippen molar-refractivity contribution in [3.8, 4) is 0 Å². The Morgan fingerprint density at radius 1 is 1.00 bits per heavy atom.